The lowest BCUT2D eigenvalue weighted by Gasteiger charge is -2.35. The van der Waals surface area contributed by atoms with Gasteiger partial charge in [-0.1, -0.05) is 55.7 Å². The molecule has 1 fully saturated rings. The van der Waals surface area contributed by atoms with Crippen molar-refractivity contribution < 1.29 is 13.7 Å². The van der Waals surface area contributed by atoms with Crippen LogP contribution in [0.4, 0.5) is 0 Å². The van der Waals surface area contributed by atoms with E-state index in [9.17, 15) is 9.00 Å². The molecule has 0 N–H and O–H groups in total. The van der Waals surface area contributed by atoms with E-state index in [-0.39, 0.29) is 11.9 Å². The third kappa shape index (κ3) is 5.64. The van der Waals surface area contributed by atoms with E-state index in [1.54, 1.807) is 24.7 Å². The normalized spacial score (nSPS) is 15.0. The van der Waals surface area contributed by atoms with Gasteiger partial charge in [0.15, 0.2) is 0 Å². The number of nitrogens with zero attached hydrogens (tertiary/aromatic N) is 1. The number of amides is 1. The summed E-state index contributed by atoms with van der Waals surface area (Å²) in [5, 5.41) is 1.15. The first kappa shape index (κ1) is 26.4. The van der Waals surface area contributed by atoms with Crippen LogP contribution in [0.15, 0.2) is 71.6 Å². The predicted molar refractivity (Wildman–Crippen MR) is 162 cm³/mol. The van der Waals surface area contributed by atoms with Gasteiger partial charge in [0.1, 0.15) is 10.6 Å². The van der Waals surface area contributed by atoms with Gasteiger partial charge in [-0.15, -0.1) is 11.3 Å². The zero-order valence-corrected chi connectivity index (χ0v) is 24.8. The fourth-order valence-corrected chi connectivity index (χ4v) is 7.93. The fourth-order valence-electron chi connectivity index (χ4n) is 5.15. The Morgan fingerprint density at radius 3 is 2.41 bits per heavy atom. The molecule has 1 amide bonds. The third-order valence-corrected chi connectivity index (χ3v) is 10.7. The molecule has 0 spiro atoms. The van der Waals surface area contributed by atoms with Crippen LogP contribution in [-0.2, 0) is 17.3 Å². The summed E-state index contributed by atoms with van der Waals surface area (Å²) in [7, 11) is 0.677. The summed E-state index contributed by atoms with van der Waals surface area (Å²) in [4.78, 5) is 17.9. The monoisotopic (exact) mass is 643 g/mol. The highest BCUT2D eigenvalue weighted by Gasteiger charge is 2.30. The van der Waals surface area contributed by atoms with Crippen LogP contribution in [0.5, 0.6) is 5.75 Å². The maximum atomic E-state index is 14.2. The van der Waals surface area contributed by atoms with Gasteiger partial charge in [-0.25, -0.2) is 0 Å². The van der Waals surface area contributed by atoms with Crippen molar-refractivity contribution in [3.63, 3.8) is 0 Å². The van der Waals surface area contributed by atoms with E-state index >= 15 is 0 Å². The molecule has 1 aliphatic rings. The van der Waals surface area contributed by atoms with Gasteiger partial charge in [-0.3, -0.25) is 9.00 Å². The fraction of sp³-hybridized carbons (Fsp3) is 0.300. The molecule has 7 heteroatoms. The quantitative estimate of drug-likeness (QED) is 0.193. The smallest absolute Gasteiger partial charge is 0.265 e. The molecule has 4 aromatic rings. The minimum atomic E-state index is -1.01. The number of carbonyl (C=O) groups is 1. The Hall–Kier alpha value is -2.23. The Kier molecular flexibility index (Phi) is 8.31. The van der Waals surface area contributed by atoms with Gasteiger partial charge in [0.2, 0.25) is 0 Å². The minimum absolute atomic E-state index is 0.111. The summed E-state index contributed by atoms with van der Waals surface area (Å²) >= 11 is 3.93. The molecule has 4 nitrogen and oxygen atoms in total. The van der Waals surface area contributed by atoms with Crippen LogP contribution in [0.2, 0.25) is 0 Å². The zero-order valence-electron chi connectivity index (χ0n) is 21.0. The van der Waals surface area contributed by atoms with Crippen molar-refractivity contribution in [2.45, 2.75) is 49.6 Å². The van der Waals surface area contributed by atoms with E-state index in [0.29, 0.717) is 6.54 Å². The number of hydrogen-bond acceptors (Lipinski definition) is 4. The van der Waals surface area contributed by atoms with E-state index in [1.807, 2.05) is 48.5 Å². The maximum Gasteiger partial charge on any atom is 0.265 e. The van der Waals surface area contributed by atoms with Crippen LogP contribution in [0.3, 0.4) is 0 Å². The summed E-state index contributed by atoms with van der Waals surface area (Å²) < 4.78 is 19.8. The number of thiophene rings is 1. The number of rotatable bonds is 7. The standard InChI is InChI=1S/C30H30INO3S2/c1-35-26-17-14-21(20-12-15-24(16-13-20)37(2)34)18-22(26)19-32(23-8-4-3-5-9-23)30(33)29-28(31)25-10-6-7-11-27(25)36-29/h6-7,10-18,23H,3-5,8-9,19H2,1-2H3. The Labute approximate surface area is 238 Å². The summed E-state index contributed by atoms with van der Waals surface area (Å²) in [5.74, 6) is 0.898. The molecule has 37 heavy (non-hydrogen) atoms. The van der Waals surface area contributed by atoms with Crippen molar-refractivity contribution in [2.75, 3.05) is 13.4 Å². The maximum absolute atomic E-state index is 14.2. The van der Waals surface area contributed by atoms with Gasteiger partial charge < -0.3 is 9.64 Å². The molecule has 1 saturated carbocycles. The van der Waals surface area contributed by atoms with Gasteiger partial charge in [-0.2, -0.15) is 0 Å². The molecule has 5 rings (SSSR count). The first-order valence-corrected chi connectivity index (χ1v) is 16.0. The van der Waals surface area contributed by atoms with Crippen LogP contribution in [0.25, 0.3) is 21.2 Å². The molecule has 192 valence electrons. The molecule has 0 bridgehead atoms. The van der Waals surface area contributed by atoms with Crippen molar-refractivity contribution in [3.05, 3.63) is 80.7 Å². The van der Waals surface area contributed by atoms with Gasteiger partial charge >= 0.3 is 0 Å². The predicted octanol–water partition coefficient (Wildman–Crippen LogP) is 7.89. The zero-order chi connectivity index (χ0) is 25.9. The van der Waals surface area contributed by atoms with Crippen molar-refractivity contribution >= 4 is 60.7 Å². The van der Waals surface area contributed by atoms with E-state index in [0.717, 1.165) is 71.6 Å². The van der Waals surface area contributed by atoms with Crippen LogP contribution in [-0.4, -0.2) is 34.4 Å². The summed E-state index contributed by atoms with van der Waals surface area (Å²) in [6.07, 6.45) is 7.29. The lowest BCUT2D eigenvalue weighted by atomic mass is 9.93. The lowest BCUT2D eigenvalue weighted by Crippen LogP contribution is -2.41. The van der Waals surface area contributed by atoms with E-state index < -0.39 is 10.8 Å². The van der Waals surface area contributed by atoms with Crippen LogP contribution in [0, 0.1) is 3.57 Å². The van der Waals surface area contributed by atoms with Crippen molar-refractivity contribution in [3.8, 4) is 16.9 Å². The van der Waals surface area contributed by atoms with Crippen molar-refractivity contribution in [2.24, 2.45) is 0 Å². The van der Waals surface area contributed by atoms with Crippen LogP contribution < -0.4 is 4.74 Å². The Bertz CT molecular complexity index is 1440. The number of methoxy groups -OCH3 is 1. The topological polar surface area (TPSA) is 46.6 Å². The van der Waals surface area contributed by atoms with Gasteiger partial charge in [0, 0.05) is 53.8 Å². The Morgan fingerprint density at radius 1 is 1.03 bits per heavy atom. The molecule has 1 atom stereocenters. The average Bonchev–Trinajstić information content (AvgIpc) is 3.28. The average molecular weight is 644 g/mol. The number of benzene rings is 3. The molecule has 1 aromatic heterocycles. The van der Waals surface area contributed by atoms with E-state index in [4.69, 9.17) is 4.74 Å². The summed E-state index contributed by atoms with van der Waals surface area (Å²) in [6.45, 7) is 0.502. The number of hydrogen-bond donors (Lipinski definition) is 0. The SMILES string of the molecule is COc1ccc(-c2ccc(S(C)=O)cc2)cc1CN(C(=O)c1sc2ccccc2c1I)C1CCCCC1. The molecule has 1 aliphatic carbocycles. The molecule has 0 saturated heterocycles. The van der Waals surface area contributed by atoms with Crippen LogP contribution in [0.1, 0.15) is 47.3 Å². The van der Waals surface area contributed by atoms with Crippen LogP contribution >= 0.6 is 33.9 Å². The molecule has 0 aliphatic heterocycles. The molecular weight excluding hydrogens is 613 g/mol. The van der Waals surface area contributed by atoms with Gasteiger partial charge in [0.05, 0.1) is 7.11 Å². The molecule has 3 aromatic carbocycles. The first-order chi connectivity index (χ1) is 18.0. The highest BCUT2D eigenvalue weighted by molar-refractivity contribution is 14.1. The second-order valence-electron chi connectivity index (χ2n) is 9.47. The van der Waals surface area contributed by atoms with Crippen molar-refractivity contribution in [1.29, 1.82) is 0 Å². The Balaban J connectivity index is 1.52. The lowest BCUT2D eigenvalue weighted by molar-refractivity contribution is 0.0617. The Morgan fingerprint density at radius 2 is 1.73 bits per heavy atom. The number of carbonyl (C=O) groups excluding carboxylic acids is 1. The highest BCUT2D eigenvalue weighted by Crippen LogP contribution is 2.36. The van der Waals surface area contributed by atoms with E-state index in [2.05, 4.69) is 45.7 Å². The second-order valence-corrected chi connectivity index (χ2v) is 13.0. The number of fused-ring (bicyclic) bond motifs is 1. The first-order valence-electron chi connectivity index (χ1n) is 12.5. The molecule has 1 heterocycles. The largest absolute Gasteiger partial charge is 0.496 e. The van der Waals surface area contributed by atoms with Crippen molar-refractivity contribution in [1.82, 2.24) is 4.90 Å². The molecule has 0 radical (unpaired) electrons. The highest BCUT2D eigenvalue weighted by atomic mass is 127. The van der Waals surface area contributed by atoms with E-state index in [1.165, 1.54) is 6.42 Å². The molecular formula is C30H30INO3S2. The summed E-state index contributed by atoms with van der Waals surface area (Å²) in [6, 6.07) is 22.5. The number of ether oxygens (including phenoxy) is 1. The second kappa shape index (κ2) is 11.7. The summed E-state index contributed by atoms with van der Waals surface area (Å²) in [5.41, 5.74) is 3.10. The third-order valence-electron chi connectivity index (χ3n) is 7.15. The van der Waals surface area contributed by atoms with Gasteiger partial charge in [-0.05, 0) is 76.9 Å². The van der Waals surface area contributed by atoms with Gasteiger partial charge in [0.25, 0.3) is 5.91 Å². The minimum Gasteiger partial charge on any atom is -0.496 e. The number of halogens is 1. The molecule has 1 unspecified atom stereocenters.